The van der Waals surface area contributed by atoms with Crippen molar-refractivity contribution in [3.63, 3.8) is 0 Å². The monoisotopic (exact) mass is 389 g/mol. The van der Waals surface area contributed by atoms with Crippen LogP contribution in [0, 0.1) is 0 Å². The molecule has 1 aromatic rings. The highest BCUT2D eigenvalue weighted by atomic mass is 16.6. The Kier molecular flexibility index (Phi) is 6.01. The number of likely N-dealkylation sites (tertiary alicyclic amines) is 1. The highest BCUT2D eigenvalue weighted by Crippen LogP contribution is 2.29. The fraction of sp³-hybridized carbons (Fsp3) is 0.619. The minimum absolute atomic E-state index is 0.0306. The predicted octanol–water partition coefficient (Wildman–Crippen LogP) is 2.74. The number of piperazine rings is 1. The molecule has 3 rings (SSSR count). The van der Waals surface area contributed by atoms with Gasteiger partial charge in [0, 0.05) is 32.7 Å². The Bertz CT molecular complexity index is 708. The maximum atomic E-state index is 13.1. The van der Waals surface area contributed by atoms with Gasteiger partial charge in [0.25, 0.3) is 0 Å². The number of nitrogens with zero attached hydrogens (tertiary/aromatic N) is 3. The van der Waals surface area contributed by atoms with Gasteiger partial charge in [-0.05, 0) is 45.7 Å². The highest BCUT2D eigenvalue weighted by Gasteiger charge is 2.39. The van der Waals surface area contributed by atoms with Crippen molar-refractivity contribution >= 4 is 17.7 Å². The standard InChI is InChI=1S/C21H31N3O4/c1-21(2,3)28-20(26)24-11-7-9-17(24)19(25)23-14-12-22(13-15-23)16-8-5-6-10-18(16)27-4/h5-6,8,10,17H,7,9,11-15H2,1-4H3/t17-/m0/s1. The number of rotatable bonds is 3. The third-order valence-electron chi connectivity index (χ3n) is 5.18. The van der Waals surface area contributed by atoms with Crippen molar-refractivity contribution in [2.75, 3.05) is 44.7 Å². The molecule has 2 saturated heterocycles. The van der Waals surface area contributed by atoms with Gasteiger partial charge < -0.3 is 19.3 Å². The van der Waals surface area contributed by atoms with E-state index in [0.29, 0.717) is 26.1 Å². The molecule has 0 unspecified atom stereocenters. The van der Waals surface area contributed by atoms with Gasteiger partial charge in [0.05, 0.1) is 12.8 Å². The molecule has 0 aromatic heterocycles. The number of para-hydroxylation sites is 2. The molecule has 154 valence electrons. The van der Waals surface area contributed by atoms with Crippen LogP contribution in [-0.2, 0) is 9.53 Å². The maximum absolute atomic E-state index is 13.1. The summed E-state index contributed by atoms with van der Waals surface area (Å²) in [6.45, 7) is 8.85. The molecule has 2 aliphatic heterocycles. The largest absolute Gasteiger partial charge is 0.495 e. The molecule has 0 saturated carbocycles. The molecule has 1 atom stereocenters. The van der Waals surface area contributed by atoms with Crippen LogP contribution in [0.3, 0.4) is 0 Å². The van der Waals surface area contributed by atoms with Crippen LogP contribution in [0.1, 0.15) is 33.6 Å². The summed E-state index contributed by atoms with van der Waals surface area (Å²) >= 11 is 0. The van der Waals surface area contributed by atoms with Gasteiger partial charge in [-0.25, -0.2) is 4.79 Å². The molecule has 1 aromatic carbocycles. The van der Waals surface area contributed by atoms with Crippen LogP contribution in [0.2, 0.25) is 0 Å². The Morgan fingerprint density at radius 1 is 1.04 bits per heavy atom. The molecule has 2 aliphatic rings. The number of carbonyl (C=O) groups is 2. The van der Waals surface area contributed by atoms with Gasteiger partial charge in [-0.1, -0.05) is 12.1 Å². The Hall–Kier alpha value is -2.44. The lowest BCUT2D eigenvalue weighted by Gasteiger charge is -2.38. The molecule has 2 fully saturated rings. The van der Waals surface area contributed by atoms with Crippen LogP contribution in [0.15, 0.2) is 24.3 Å². The van der Waals surface area contributed by atoms with Crippen molar-refractivity contribution < 1.29 is 19.1 Å². The fourth-order valence-electron chi connectivity index (χ4n) is 3.83. The van der Waals surface area contributed by atoms with E-state index in [2.05, 4.69) is 4.90 Å². The first kappa shape index (κ1) is 20.3. The lowest BCUT2D eigenvalue weighted by atomic mass is 10.1. The molecule has 0 radical (unpaired) electrons. The van der Waals surface area contributed by atoms with E-state index in [1.165, 1.54) is 0 Å². The minimum Gasteiger partial charge on any atom is -0.495 e. The van der Waals surface area contributed by atoms with Crippen molar-refractivity contribution in [3.05, 3.63) is 24.3 Å². The number of amides is 2. The Labute approximate surface area is 167 Å². The van der Waals surface area contributed by atoms with Gasteiger partial charge in [0.2, 0.25) is 5.91 Å². The average molecular weight is 389 g/mol. The van der Waals surface area contributed by atoms with E-state index in [9.17, 15) is 9.59 Å². The summed E-state index contributed by atoms with van der Waals surface area (Å²) in [6.07, 6.45) is 1.14. The first-order chi connectivity index (χ1) is 13.3. The second-order valence-electron chi connectivity index (χ2n) is 8.32. The summed E-state index contributed by atoms with van der Waals surface area (Å²) in [4.78, 5) is 31.3. The number of methoxy groups -OCH3 is 1. The quantitative estimate of drug-likeness (QED) is 0.795. The molecule has 0 spiro atoms. The second kappa shape index (κ2) is 8.29. The highest BCUT2D eigenvalue weighted by molar-refractivity contribution is 5.86. The zero-order chi connectivity index (χ0) is 20.3. The van der Waals surface area contributed by atoms with Crippen molar-refractivity contribution in [2.45, 2.75) is 45.3 Å². The molecule has 2 heterocycles. The molecular weight excluding hydrogens is 358 g/mol. The van der Waals surface area contributed by atoms with E-state index >= 15 is 0 Å². The lowest BCUT2D eigenvalue weighted by Crippen LogP contribution is -2.55. The molecule has 0 bridgehead atoms. The summed E-state index contributed by atoms with van der Waals surface area (Å²) in [5.74, 6) is 0.872. The first-order valence-corrected chi connectivity index (χ1v) is 9.96. The zero-order valence-corrected chi connectivity index (χ0v) is 17.3. The summed E-state index contributed by atoms with van der Waals surface area (Å²) in [7, 11) is 1.67. The zero-order valence-electron chi connectivity index (χ0n) is 17.3. The third-order valence-corrected chi connectivity index (χ3v) is 5.18. The van der Waals surface area contributed by atoms with E-state index in [0.717, 1.165) is 30.9 Å². The van der Waals surface area contributed by atoms with Crippen LogP contribution in [-0.4, -0.2) is 73.3 Å². The minimum atomic E-state index is -0.562. The first-order valence-electron chi connectivity index (χ1n) is 9.96. The van der Waals surface area contributed by atoms with E-state index in [1.54, 1.807) is 12.0 Å². The average Bonchev–Trinajstić information content (AvgIpc) is 3.16. The van der Waals surface area contributed by atoms with E-state index < -0.39 is 17.7 Å². The molecule has 0 aliphatic carbocycles. The molecule has 7 nitrogen and oxygen atoms in total. The van der Waals surface area contributed by atoms with Crippen LogP contribution >= 0.6 is 0 Å². The lowest BCUT2D eigenvalue weighted by molar-refractivity contribution is -0.136. The van der Waals surface area contributed by atoms with Crippen LogP contribution in [0.4, 0.5) is 10.5 Å². The summed E-state index contributed by atoms with van der Waals surface area (Å²) in [5, 5.41) is 0. The van der Waals surface area contributed by atoms with Crippen molar-refractivity contribution in [1.82, 2.24) is 9.80 Å². The van der Waals surface area contributed by atoms with Gasteiger partial charge in [0.15, 0.2) is 0 Å². The molecule has 28 heavy (non-hydrogen) atoms. The number of carbonyl (C=O) groups excluding carboxylic acids is 2. The summed E-state index contributed by atoms with van der Waals surface area (Å²) < 4.78 is 10.9. The maximum Gasteiger partial charge on any atom is 0.410 e. The number of ether oxygens (including phenoxy) is 2. The normalized spacial score (nSPS) is 20.3. The molecule has 0 N–H and O–H groups in total. The predicted molar refractivity (Wildman–Crippen MR) is 108 cm³/mol. The van der Waals surface area contributed by atoms with E-state index in [4.69, 9.17) is 9.47 Å². The van der Waals surface area contributed by atoms with Gasteiger partial charge >= 0.3 is 6.09 Å². The van der Waals surface area contributed by atoms with Crippen molar-refractivity contribution in [2.24, 2.45) is 0 Å². The number of hydrogen-bond donors (Lipinski definition) is 0. The summed E-state index contributed by atoms with van der Waals surface area (Å²) in [5.41, 5.74) is 0.488. The SMILES string of the molecule is COc1ccccc1N1CCN(C(=O)[C@@H]2CCCN2C(=O)OC(C)(C)C)CC1. The van der Waals surface area contributed by atoms with Gasteiger partial charge in [-0.2, -0.15) is 0 Å². The second-order valence-corrected chi connectivity index (χ2v) is 8.32. The smallest absolute Gasteiger partial charge is 0.410 e. The molecular formula is C21H31N3O4. The molecule has 7 heteroatoms. The topological polar surface area (TPSA) is 62.3 Å². The van der Waals surface area contributed by atoms with Gasteiger partial charge in [0.1, 0.15) is 17.4 Å². The Morgan fingerprint density at radius 3 is 2.36 bits per heavy atom. The number of hydrogen-bond acceptors (Lipinski definition) is 5. The Morgan fingerprint density at radius 2 is 1.71 bits per heavy atom. The fourth-order valence-corrected chi connectivity index (χ4v) is 3.83. The van der Waals surface area contributed by atoms with E-state index in [1.807, 2.05) is 49.9 Å². The third kappa shape index (κ3) is 4.51. The van der Waals surface area contributed by atoms with Crippen molar-refractivity contribution in [3.8, 4) is 5.75 Å². The number of anilines is 1. The Balaban J connectivity index is 1.61. The van der Waals surface area contributed by atoms with E-state index in [-0.39, 0.29) is 5.91 Å². The van der Waals surface area contributed by atoms with Crippen LogP contribution < -0.4 is 9.64 Å². The van der Waals surface area contributed by atoms with Crippen molar-refractivity contribution in [1.29, 1.82) is 0 Å². The van der Waals surface area contributed by atoms with Crippen LogP contribution in [0.5, 0.6) is 5.75 Å². The van der Waals surface area contributed by atoms with Gasteiger partial charge in [-0.15, -0.1) is 0 Å². The summed E-state index contributed by atoms with van der Waals surface area (Å²) in [6, 6.07) is 7.52. The number of benzene rings is 1. The van der Waals surface area contributed by atoms with Crippen LogP contribution in [0.25, 0.3) is 0 Å². The molecule has 2 amide bonds. The van der Waals surface area contributed by atoms with Gasteiger partial charge in [-0.3, -0.25) is 9.69 Å².